The standard InChI is InChI=1S/C9H18N2OS/c1-13-7-9(12)11-8-4-2-3-5-10-6-8/h8,10H,2-7H2,1H3,(H,11,12). The third-order valence-corrected chi connectivity index (χ3v) is 2.74. The minimum absolute atomic E-state index is 0.168. The molecule has 0 bridgehead atoms. The maximum Gasteiger partial charge on any atom is 0.230 e. The first-order valence-electron chi connectivity index (χ1n) is 4.82. The molecule has 1 rings (SSSR count). The van der Waals surface area contributed by atoms with Gasteiger partial charge in [-0.15, -0.1) is 0 Å². The average molecular weight is 202 g/mol. The van der Waals surface area contributed by atoms with Gasteiger partial charge in [-0.2, -0.15) is 11.8 Å². The molecule has 1 atom stereocenters. The predicted octanol–water partition coefficient (Wildman–Crippen LogP) is 0.608. The lowest BCUT2D eigenvalue weighted by molar-refractivity contribution is -0.119. The number of carbonyl (C=O) groups excluding carboxylic acids is 1. The second-order valence-corrected chi connectivity index (χ2v) is 4.26. The highest BCUT2D eigenvalue weighted by molar-refractivity contribution is 7.99. The molecule has 1 heterocycles. The molecule has 13 heavy (non-hydrogen) atoms. The molecular formula is C9H18N2OS. The van der Waals surface area contributed by atoms with Gasteiger partial charge in [0.1, 0.15) is 0 Å². The van der Waals surface area contributed by atoms with E-state index < -0.39 is 0 Å². The quantitative estimate of drug-likeness (QED) is 0.704. The van der Waals surface area contributed by atoms with Crippen LogP contribution in [0.2, 0.25) is 0 Å². The van der Waals surface area contributed by atoms with E-state index in [1.807, 2.05) is 6.26 Å². The Morgan fingerprint density at radius 3 is 3.23 bits per heavy atom. The molecule has 4 heteroatoms. The average Bonchev–Trinajstić information content (AvgIpc) is 2.33. The van der Waals surface area contributed by atoms with Gasteiger partial charge in [-0.3, -0.25) is 4.79 Å². The molecule has 0 radical (unpaired) electrons. The van der Waals surface area contributed by atoms with Gasteiger partial charge < -0.3 is 10.6 Å². The number of amides is 1. The minimum Gasteiger partial charge on any atom is -0.351 e. The zero-order valence-electron chi connectivity index (χ0n) is 8.14. The molecule has 2 N–H and O–H groups in total. The van der Waals surface area contributed by atoms with Crippen molar-refractivity contribution in [3.05, 3.63) is 0 Å². The Morgan fingerprint density at radius 1 is 1.62 bits per heavy atom. The van der Waals surface area contributed by atoms with E-state index in [0.29, 0.717) is 11.8 Å². The smallest absolute Gasteiger partial charge is 0.230 e. The van der Waals surface area contributed by atoms with Gasteiger partial charge in [0.2, 0.25) is 5.91 Å². The topological polar surface area (TPSA) is 41.1 Å². The van der Waals surface area contributed by atoms with Crippen LogP contribution in [0.4, 0.5) is 0 Å². The summed E-state index contributed by atoms with van der Waals surface area (Å²) in [4.78, 5) is 11.3. The molecule has 0 aliphatic carbocycles. The summed E-state index contributed by atoms with van der Waals surface area (Å²) in [5.74, 6) is 0.748. The normalized spacial score (nSPS) is 23.6. The summed E-state index contributed by atoms with van der Waals surface area (Å²) in [7, 11) is 0. The van der Waals surface area contributed by atoms with Crippen molar-refractivity contribution in [2.24, 2.45) is 0 Å². The number of carbonyl (C=O) groups is 1. The van der Waals surface area contributed by atoms with E-state index >= 15 is 0 Å². The number of nitrogens with one attached hydrogen (secondary N) is 2. The minimum atomic E-state index is 0.168. The molecule has 3 nitrogen and oxygen atoms in total. The SMILES string of the molecule is CSCC(=O)NC1CCCCNC1. The van der Waals surface area contributed by atoms with Crippen molar-refractivity contribution in [2.45, 2.75) is 25.3 Å². The zero-order valence-corrected chi connectivity index (χ0v) is 8.95. The van der Waals surface area contributed by atoms with Crippen molar-refractivity contribution < 1.29 is 4.79 Å². The van der Waals surface area contributed by atoms with Crippen molar-refractivity contribution >= 4 is 17.7 Å². The fourth-order valence-corrected chi connectivity index (χ4v) is 1.89. The van der Waals surface area contributed by atoms with E-state index in [0.717, 1.165) is 19.5 Å². The summed E-state index contributed by atoms with van der Waals surface area (Å²) in [6.45, 7) is 2.02. The van der Waals surface area contributed by atoms with Crippen LogP contribution in [0.1, 0.15) is 19.3 Å². The molecule has 1 unspecified atom stereocenters. The van der Waals surface area contributed by atoms with Crippen LogP contribution in [0.25, 0.3) is 0 Å². The van der Waals surface area contributed by atoms with Crippen LogP contribution >= 0.6 is 11.8 Å². The molecule has 1 aliphatic rings. The van der Waals surface area contributed by atoms with E-state index in [2.05, 4.69) is 10.6 Å². The Morgan fingerprint density at radius 2 is 2.46 bits per heavy atom. The van der Waals surface area contributed by atoms with Gasteiger partial charge in [-0.05, 0) is 25.6 Å². The van der Waals surface area contributed by atoms with E-state index in [4.69, 9.17) is 0 Å². The third-order valence-electron chi connectivity index (χ3n) is 2.19. The molecule has 0 aromatic heterocycles. The second kappa shape index (κ2) is 6.27. The summed E-state index contributed by atoms with van der Waals surface area (Å²) in [6, 6.07) is 0.349. The molecular weight excluding hydrogens is 184 g/mol. The van der Waals surface area contributed by atoms with Crippen molar-refractivity contribution in [3.63, 3.8) is 0 Å². The Balaban J connectivity index is 2.21. The molecule has 76 valence electrons. The lowest BCUT2D eigenvalue weighted by atomic mass is 10.1. The van der Waals surface area contributed by atoms with E-state index in [-0.39, 0.29) is 5.91 Å². The van der Waals surface area contributed by atoms with Crippen molar-refractivity contribution in [3.8, 4) is 0 Å². The lowest BCUT2D eigenvalue weighted by Gasteiger charge is -2.15. The highest BCUT2D eigenvalue weighted by Gasteiger charge is 2.13. The molecule has 0 aromatic carbocycles. The van der Waals surface area contributed by atoms with Gasteiger partial charge >= 0.3 is 0 Å². The molecule has 1 saturated heterocycles. The first-order valence-corrected chi connectivity index (χ1v) is 6.21. The van der Waals surface area contributed by atoms with E-state index in [1.165, 1.54) is 12.8 Å². The summed E-state index contributed by atoms with van der Waals surface area (Å²) in [5.41, 5.74) is 0. The summed E-state index contributed by atoms with van der Waals surface area (Å²) >= 11 is 1.57. The zero-order chi connectivity index (χ0) is 9.52. The monoisotopic (exact) mass is 202 g/mol. The van der Waals surface area contributed by atoms with E-state index in [9.17, 15) is 4.79 Å². The lowest BCUT2D eigenvalue weighted by Crippen LogP contribution is -2.41. The van der Waals surface area contributed by atoms with Crippen molar-refractivity contribution in [2.75, 3.05) is 25.1 Å². The Bertz CT molecular complexity index is 156. The van der Waals surface area contributed by atoms with Crippen molar-refractivity contribution in [1.29, 1.82) is 0 Å². The van der Waals surface area contributed by atoms with Crippen LogP contribution in [-0.2, 0) is 4.79 Å². The van der Waals surface area contributed by atoms with Gasteiger partial charge in [0.15, 0.2) is 0 Å². The maximum absolute atomic E-state index is 11.3. The van der Waals surface area contributed by atoms with Crippen LogP contribution in [0.15, 0.2) is 0 Å². The Labute approximate surface area is 84.0 Å². The largest absolute Gasteiger partial charge is 0.351 e. The summed E-state index contributed by atoms with van der Waals surface area (Å²) in [6.07, 6.45) is 5.52. The first kappa shape index (κ1) is 10.9. The Hall–Kier alpha value is -0.220. The first-order chi connectivity index (χ1) is 6.33. The highest BCUT2D eigenvalue weighted by Crippen LogP contribution is 2.04. The van der Waals surface area contributed by atoms with Gasteiger partial charge in [0, 0.05) is 12.6 Å². The van der Waals surface area contributed by atoms with Gasteiger partial charge in [-0.25, -0.2) is 0 Å². The number of hydrogen-bond donors (Lipinski definition) is 2. The summed E-state index contributed by atoms with van der Waals surface area (Å²) in [5, 5.41) is 6.36. The maximum atomic E-state index is 11.3. The molecule has 0 saturated carbocycles. The fourth-order valence-electron chi connectivity index (χ4n) is 1.54. The molecule has 1 fully saturated rings. The number of thioether (sulfide) groups is 1. The Kier molecular flexibility index (Phi) is 5.23. The third kappa shape index (κ3) is 4.52. The van der Waals surface area contributed by atoms with Crippen LogP contribution in [0.5, 0.6) is 0 Å². The van der Waals surface area contributed by atoms with Crippen LogP contribution in [0, 0.1) is 0 Å². The molecule has 1 aliphatic heterocycles. The van der Waals surface area contributed by atoms with E-state index in [1.54, 1.807) is 11.8 Å². The van der Waals surface area contributed by atoms with Crippen LogP contribution in [-0.4, -0.2) is 37.0 Å². The van der Waals surface area contributed by atoms with Crippen molar-refractivity contribution in [1.82, 2.24) is 10.6 Å². The molecule has 0 spiro atoms. The molecule has 0 aromatic rings. The van der Waals surface area contributed by atoms with Gasteiger partial charge in [0.05, 0.1) is 5.75 Å². The highest BCUT2D eigenvalue weighted by atomic mass is 32.2. The molecule has 1 amide bonds. The predicted molar refractivity (Wildman–Crippen MR) is 57.0 cm³/mol. The number of rotatable bonds is 3. The second-order valence-electron chi connectivity index (χ2n) is 3.40. The van der Waals surface area contributed by atoms with Gasteiger partial charge in [-0.1, -0.05) is 6.42 Å². The van der Waals surface area contributed by atoms with Gasteiger partial charge in [0.25, 0.3) is 0 Å². The van der Waals surface area contributed by atoms with Crippen LogP contribution in [0.3, 0.4) is 0 Å². The number of hydrogen-bond acceptors (Lipinski definition) is 3. The fraction of sp³-hybridized carbons (Fsp3) is 0.889. The van der Waals surface area contributed by atoms with Crippen LogP contribution < -0.4 is 10.6 Å². The summed E-state index contributed by atoms with van der Waals surface area (Å²) < 4.78 is 0.